The highest BCUT2D eigenvalue weighted by atomic mass is 16.5. The first kappa shape index (κ1) is 19.8. The van der Waals surface area contributed by atoms with E-state index in [1.54, 1.807) is 38.5 Å². The number of amides is 2. The van der Waals surface area contributed by atoms with Crippen molar-refractivity contribution in [2.24, 2.45) is 0 Å². The van der Waals surface area contributed by atoms with Gasteiger partial charge < -0.3 is 14.4 Å². The number of hydrogen-bond acceptors (Lipinski definition) is 5. The Morgan fingerprint density at radius 3 is 2.43 bits per heavy atom. The van der Waals surface area contributed by atoms with Crippen molar-refractivity contribution in [2.45, 2.75) is 13.0 Å². The number of fused-ring (bicyclic) bond motifs is 1. The van der Waals surface area contributed by atoms with Gasteiger partial charge in [-0.1, -0.05) is 36.4 Å². The Morgan fingerprint density at radius 1 is 1.00 bits per heavy atom. The molecule has 0 atom stereocenters. The summed E-state index contributed by atoms with van der Waals surface area (Å²) < 4.78 is 10.7. The van der Waals surface area contributed by atoms with Gasteiger partial charge in [-0.25, -0.2) is 0 Å². The van der Waals surface area contributed by atoms with Crippen LogP contribution in [0.3, 0.4) is 0 Å². The first-order chi connectivity index (χ1) is 14.6. The molecule has 2 aliphatic rings. The fourth-order valence-electron chi connectivity index (χ4n) is 4.09. The summed E-state index contributed by atoms with van der Waals surface area (Å²) in [7, 11) is 3.10. The molecule has 6 nitrogen and oxygen atoms in total. The molecule has 2 heterocycles. The number of hydrogen-bond donors (Lipinski definition) is 0. The second kappa shape index (κ2) is 8.06. The van der Waals surface area contributed by atoms with E-state index in [-0.39, 0.29) is 18.4 Å². The number of imide groups is 1. The Kier molecular flexibility index (Phi) is 5.31. The van der Waals surface area contributed by atoms with Gasteiger partial charge in [-0.3, -0.25) is 14.5 Å². The normalized spacial score (nSPS) is 16.1. The number of ether oxygens (including phenoxy) is 2. The molecule has 2 aromatic carbocycles. The fraction of sp³-hybridized carbons (Fsp3) is 0.250. The van der Waals surface area contributed by atoms with Gasteiger partial charge in [0.25, 0.3) is 11.8 Å². The monoisotopic (exact) mass is 404 g/mol. The van der Waals surface area contributed by atoms with E-state index in [9.17, 15) is 9.59 Å². The van der Waals surface area contributed by atoms with Crippen LogP contribution in [0, 0.1) is 0 Å². The minimum atomic E-state index is -0.319. The summed E-state index contributed by atoms with van der Waals surface area (Å²) in [5.41, 5.74) is 3.91. The highest BCUT2D eigenvalue weighted by molar-refractivity contribution is 6.35. The van der Waals surface area contributed by atoms with E-state index in [0.29, 0.717) is 41.4 Å². The highest BCUT2D eigenvalue weighted by Crippen LogP contribution is 2.37. The molecule has 30 heavy (non-hydrogen) atoms. The Balaban J connectivity index is 1.82. The smallest absolute Gasteiger partial charge is 0.278 e. The van der Waals surface area contributed by atoms with Gasteiger partial charge in [-0.2, -0.15) is 0 Å². The molecule has 0 radical (unpaired) electrons. The van der Waals surface area contributed by atoms with E-state index >= 15 is 0 Å². The molecule has 0 aliphatic carbocycles. The molecule has 0 saturated carbocycles. The number of benzene rings is 2. The zero-order valence-electron chi connectivity index (χ0n) is 17.2. The first-order valence-corrected chi connectivity index (χ1v) is 9.84. The van der Waals surface area contributed by atoms with Crippen molar-refractivity contribution >= 4 is 17.4 Å². The lowest BCUT2D eigenvalue weighted by Gasteiger charge is -2.31. The lowest BCUT2D eigenvalue weighted by molar-refractivity contribution is -0.136. The quantitative estimate of drug-likeness (QED) is 0.547. The third-order valence-corrected chi connectivity index (χ3v) is 5.57. The van der Waals surface area contributed by atoms with Crippen LogP contribution in [-0.4, -0.2) is 48.9 Å². The van der Waals surface area contributed by atoms with Crippen molar-refractivity contribution < 1.29 is 19.1 Å². The Morgan fingerprint density at radius 2 is 1.73 bits per heavy atom. The number of carbonyl (C=O) groups is 2. The molecule has 0 aromatic heterocycles. The van der Waals surface area contributed by atoms with Crippen molar-refractivity contribution in [3.05, 3.63) is 77.5 Å². The summed E-state index contributed by atoms with van der Waals surface area (Å²) >= 11 is 0. The minimum Gasteiger partial charge on any atom is -0.493 e. The number of nitrogens with zero attached hydrogens (tertiary/aromatic N) is 2. The Hall–Kier alpha value is -3.54. The van der Waals surface area contributed by atoms with Gasteiger partial charge in [0, 0.05) is 19.6 Å². The maximum absolute atomic E-state index is 13.3. The van der Waals surface area contributed by atoms with E-state index in [0.717, 1.165) is 6.42 Å². The summed E-state index contributed by atoms with van der Waals surface area (Å²) in [6.45, 7) is 5.12. The van der Waals surface area contributed by atoms with Gasteiger partial charge >= 0.3 is 0 Å². The number of carbonyl (C=O) groups excluding carboxylic acids is 2. The maximum atomic E-state index is 13.3. The zero-order chi connectivity index (χ0) is 21.3. The molecule has 154 valence electrons. The van der Waals surface area contributed by atoms with Gasteiger partial charge in [-0.05, 0) is 35.2 Å². The summed E-state index contributed by atoms with van der Waals surface area (Å²) in [5, 5.41) is 0. The van der Waals surface area contributed by atoms with Crippen LogP contribution in [0.25, 0.3) is 5.57 Å². The first-order valence-electron chi connectivity index (χ1n) is 9.84. The van der Waals surface area contributed by atoms with Gasteiger partial charge in [0.1, 0.15) is 5.70 Å². The van der Waals surface area contributed by atoms with Crippen LogP contribution in [0.2, 0.25) is 0 Å². The van der Waals surface area contributed by atoms with Gasteiger partial charge in [0.2, 0.25) is 0 Å². The van der Waals surface area contributed by atoms with E-state index in [4.69, 9.17) is 9.47 Å². The molecule has 0 N–H and O–H groups in total. The van der Waals surface area contributed by atoms with Gasteiger partial charge in [0.05, 0.1) is 19.8 Å². The topological polar surface area (TPSA) is 59.1 Å². The standard InChI is InChI=1S/C24H24N2O4/c1-4-12-26-23(27)21(17-9-10-19(29-2)20(14-17)30-3)22(24(26)28)25-13-11-16-7-5-6-8-18(16)15-25/h4-10,14H,1,11-13,15H2,2-3H3. The van der Waals surface area contributed by atoms with Crippen LogP contribution in [-0.2, 0) is 22.6 Å². The van der Waals surface area contributed by atoms with E-state index in [2.05, 4.69) is 18.7 Å². The minimum absolute atomic E-state index is 0.169. The number of rotatable bonds is 6. The van der Waals surface area contributed by atoms with Crippen molar-refractivity contribution in [2.75, 3.05) is 27.3 Å². The zero-order valence-corrected chi connectivity index (χ0v) is 17.2. The maximum Gasteiger partial charge on any atom is 0.278 e. The molecule has 4 rings (SSSR count). The SMILES string of the molecule is C=CCN1C(=O)C(c2ccc(OC)c(OC)c2)=C(N2CCc3ccccc3C2)C1=O. The second-order valence-electron chi connectivity index (χ2n) is 7.24. The largest absolute Gasteiger partial charge is 0.493 e. The van der Waals surface area contributed by atoms with Crippen LogP contribution < -0.4 is 9.47 Å². The molecule has 6 heteroatoms. The van der Waals surface area contributed by atoms with E-state index < -0.39 is 0 Å². The predicted molar refractivity (Wildman–Crippen MR) is 114 cm³/mol. The molecule has 0 bridgehead atoms. The van der Waals surface area contributed by atoms with Crippen molar-refractivity contribution in [3.63, 3.8) is 0 Å². The van der Waals surface area contributed by atoms with Crippen LogP contribution in [0.5, 0.6) is 11.5 Å². The van der Waals surface area contributed by atoms with Crippen molar-refractivity contribution in [3.8, 4) is 11.5 Å². The van der Waals surface area contributed by atoms with E-state index in [1.165, 1.54) is 16.0 Å². The van der Waals surface area contributed by atoms with Gasteiger partial charge in [0.15, 0.2) is 11.5 Å². The highest BCUT2D eigenvalue weighted by Gasteiger charge is 2.41. The molecule has 0 saturated heterocycles. The van der Waals surface area contributed by atoms with Crippen molar-refractivity contribution in [1.29, 1.82) is 0 Å². The molecule has 0 spiro atoms. The Labute approximate surface area is 176 Å². The second-order valence-corrected chi connectivity index (χ2v) is 7.24. The molecular weight excluding hydrogens is 380 g/mol. The molecule has 0 unspecified atom stereocenters. The lowest BCUT2D eigenvalue weighted by Crippen LogP contribution is -2.37. The van der Waals surface area contributed by atoms with Crippen LogP contribution in [0.1, 0.15) is 16.7 Å². The van der Waals surface area contributed by atoms with Crippen molar-refractivity contribution in [1.82, 2.24) is 9.80 Å². The van der Waals surface area contributed by atoms with Crippen LogP contribution >= 0.6 is 0 Å². The molecular formula is C24H24N2O4. The summed E-state index contributed by atoms with van der Waals surface area (Å²) in [5.74, 6) is 0.466. The summed E-state index contributed by atoms with van der Waals surface area (Å²) in [6, 6.07) is 13.5. The van der Waals surface area contributed by atoms with Crippen LogP contribution in [0.4, 0.5) is 0 Å². The average molecular weight is 404 g/mol. The van der Waals surface area contributed by atoms with Gasteiger partial charge in [-0.15, -0.1) is 6.58 Å². The molecule has 2 aromatic rings. The molecule has 2 aliphatic heterocycles. The molecule has 2 amide bonds. The van der Waals surface area contributed by atoms with E-state index in [1.807, 2.05) is 17.0 Å². The summed E-state index contributed by atoms with van der Waals surface area (Å²) in [6.07, 6.45) is 2.39. The van der Waals surface area contributed by atoms with Crippen LogP contribution in [0.15, 0.2) is 60.8 Å². The predicted octanol–water partition coefficient (Wildman–Crippen LogP) is 3.03. The lowest BCUT2D eigenvalue weighted by atomic mass is 9.97. The third kappa shape index (κ3) is 3.24. The fourth-order valence-corrected chi connectivity index (χ4v) is 4.09. The third-order valence-electron chi connectivity index (χ3n) is 5.57. The molecule has 0 fully saturated rings. The summed E-state index contributed by atoms with van der Waals surface area (Å²) in [4.78, 5) is 29.8. The Bertz CT molecular complexity index is 1060. The average Bonchev–Trinajstić information content (AvgIpc) is 3.03. The number of methoxy groups -OCH3 is 2.